The number of rotatable bonds is 0. The molecule has 0 saturated heterocycles. The predicted molar refractivity (Wildman–Crippen MR) is 65.6 cm³/mol. The quantitative estimate of drug-likeness (QED) is 0.481. The monoisotopic (exact) mass is 240 g/mol. The van der Waals surface area contributed by atoms with Crippen molar-refractivity contribution in [1.82, 2.24) is 0 Å². The van der Waals surface area contributed by atoms with Crippen molar-refractivity contribution in [2.45, 2.75) is 25.7 Å². The molecular weight excluding hydrogens is 224 g/mol. The van der Waals surface area contributed by atoms with E-state index in [0.717, 1.165) is 18.3 Å². The molecular formula is C16H16O2. The van der Waals surface area contributed by atoms with Gasteiger partial charge < -0.3 is 0 Å². The van der Waals surface area contributed by atoms with Crippen LogP contribution in [0.2, 0.25) is 0 Å². The number of hydrogen-bond donors (Lipinski definition) is 0. The Labute approximate surface area is 106 Å². The molecule has 0 aromatic heterocycles. The van der Waals surface area contributed by atoms with E-state index in [1.807, 2.05) is 0 Å². The van der Waals surface area contributed by atoms with Crippen LogP contribution in [0.25, 0.3) is 0 Å². The summed E-state index contributed by atoms with van der Waals surface area (Å²) in [5.74, 6) is 2.90. The minimum atomic E-state index is 0.0191. The van der Waals surface area contributed by atoms with E-state index in [0.29, 0.717) is 11.8 Å². The Kier molecular flexibility index (Phi) is 1.55. The molecule has 2 nitrogen and oxygen atoms in total. The van der Waals surface area contributed by atoms with Crippen LogP contribution < -0.4 is 0 Å². The summed E-state index contributed by atoms with van der Waals surface area (Å²) in [5.41, 5.74) is 3.29. The Morgan fingerprint density at radius 1 is 0.778 bits per heavy atom. The average molecular weight is 240 g/mol. The second-order valence-corrected chi connectivity index (χ2v) is 6.76. The zero-order chi connectivity index (χ0) is 12.0. The fraction of sp³-hybridized carbons (Fsp3) is 0.625. The van der Waals surface area contributed by atoms with Gasteiger partial charge in [0.15, 0.2) is 11.6 Å². The van der Waals surface area contributed by atoms with Gasteiger partial charge in [0.05, 0.1) is 0 Å². The number of hydrogen-bond acceptors (Lipinski definition) is 2. The van der Waals surface area contributed by atoms with Crippen molar-refractivity contribution in [1.29, 1.82) is 0 Å². The van der Waals surface area contributed by atoms with Gasteiger partial charge in [0.25, 0.3) is 0 Å². The minimum Gasteiger partial charge on any atom is -0.294 e. The molecule has 0 aliphatic heterocycles. The van der Waals surface area contributed by atoms with Gasteiger partial charge in [-0.1, -0.05) is 11.1 Å². The molecule has 0 spiro atoms. The lowest BCUT2D eigenvalue weighted by Gasteiger charge is -2.35. The molecule has 0 aromatic carbocycles. The van der Waals surface area contributed by atoms with Crippen molar-refractivity contribution < 1.29 is 9.59 Å². The van der Waals surface area contributed by atoms with Crippen LogP contribution in [0.5, 0.6) is 0 Å². The third-order valence-electron chi connectivity index (χ3n) is 6.28. The average Bonchev–Trinajstić information content (AvgIpc) is 3.07. The normalized spacial score (nSPS) is 51.3. The van der Waals surface area contributed by atoms with Crippen LogP contribution in [-0.4, -0.2) is 11.6 Å². The molecule has 4 bridgehead atoms. The first-order chi connectivity index (χ1) is 8.75. The summed E-state index contributed by atoms with van der Waals surface area (Å²) in [6.45, 7) is 0. The maximum absolute atomic E-state index is 12.1. The molecule has 0 aromatic rings. The van der Waals surface area contributed by atoms with Crippen LogP contribution in [0, 0.1) is 35.5 Å². The minimum absolute atomic E-state index is 0.0191. The first kappa shape index (κ1) is 9.71. The molecule has 5 aliphatic carbocycles. The van der Waals surface area contributed by atoms with Gasteiger partial charge in [-0.2, -0.15) is 0 Å². The van der Waals surface area contributed by atoms with E-state index in [9.17, 15) is 9.59 Å². The third-order valence-corrected chi connectivity index (χ3v) is 6.28. The molecule has 0 heterocycles. The summed E-state index contributed by atoms with van der Waals surface area (Å²) < 4.78 is 0. The highest BCUT2D eigenvalue weighted by Crippen LogP contribution is 2.67. The van der Waals surface area contributed by atoms with E-state index in [4.69, 9.17) is 0 Å². The largest absolute Gasteiger partial charge is 0.294 e. The highest BCUT2D eigenvalue weighted by molar-refractivity contribution is 6.08. The zero-order valence-electron chi connectivity index (χ0n) is 10.3. The summed E-state index contributed by atoms with van der Waals surface area (Å²) >= 11 is 0. The molecule has 6 atom stereocenters. The van der Waals surface area contributed by atoms with Crippen LogP contribution in [0.1, 0.15) is 25.7 Å². The van der Waals surface area contributed by atoms with Crippen LogP contribution in [-0.2, 0) is 9.59 Å². The van der Waals surface area contributed by atoms with E-state index >= 15 is 0 Å². The first-order valence-corrected chi connectivity index (χ1v) is 7.25. The number of allylic oxidation sites excluding steroid dienone is 4. The summed E-state index contributed by atoms with van der Waals surface area (Å²) in [6, 6.07) is 0. The Hall–Kier alpha value is -1.18. The van der Waals surface area contributed by atoms with Gasteiger partial charge in [-0.25, -0.2) is 0 Å². The van der Waals surface area contributed by atoms with Crippen molar-refractivity contribution in [2.75, 3.05) is 0 Å². The van der Waals surface area contributed by atoms with Crippen LogP contribution in [0.4, 0.5) is 0 Å². The Morgan fingerprint density at radius 2 is 1.28 bits per heavy atom. The molecule has 0 radical (unpaired) electrons. The molecule has 0 unspecified atom stereocenters. The second kappa shape index (κ2) is 2.87. The second-order valence-electron chi connectivity index (χ2n) is 6.76. The van der Waals surface area contributed by atoms with Gasteiger partial charge in [-0.15, -0.1) is 0 Å². The number of carbonyl (C=O) groups excluding carboxylic acids is 2. The van der Waals surface area contributed by atoms with Gasteiger partial charge in [-0.3, -0.25) is 9.59 Å². The molecule has 2 heteroatoms. The molecule has 2 fully saturated rings. The highest BCUT2D eigenvalue weighted by atomic mass is 16.1. The van der Waals surface area contributed by atoms with Crippen LogP contribution in [0.3, 0.4) is 0 Å². The smallest absolute Gasteiger partial charge is 0.160 e. The Morgan fingerprint density at radius 3 is 1.78 bits per heavy atom. The SMILES string of the molecule is O=C1C=CC(=O)[C@H]2[C@H]1[C@H]1C[C@H]2C2=C1[C@@H]1CC[C@@H]2C1. The molecule has 0 amide bonds. The van der Waals surface area contributed by atoms with E-state index < -0.39 is 0 Å². The molecule has 18 heavy (non-hydrogen) atoms. The molecule has 2 saturated carbocycles. The fourth-order valence-electron chi connectivity index (χ4n) is 5.90. The van der Waals surface area contributed by atoms with Crippen molar-refractivity contribution >= 4 is 11.6 Å². The summed E-state index contributed by atoms with van der Waals surface area (Å²) in [7, 11) is 0. The lowest BCUT2D eigenvalue weighted by Crippen LogP contribution is -2.38. The number of ketones is 2. The molecule has 0 N–H and O–H groups in total. The van der Waals surface area contributed by atoms with Crippen molar-refractivity contribution in [3.05, 3.63) is 23.3 Å². The van der Waals surface area contributed by atoms with Gasteiger partial charge in [0.1, 0.15) is 0 Å². The standard InChI is InChI=1S/C16H16O2/c17-11-3-4-12(18)16-10-6-9(15(11)16)13-7-1-2-8(5-7)14(10)13/h3-4,7-10,15-16H,1-2,5-6H2/t7-,8-,9+,10+,15+,16+/m1/s1. The lowest BCUT2D eigenvalue weighted by atomic mass is 9.67. The molecule has 5 rings (SSSR count). The van der Waals surface area contributed by atoms with E-state index in [1.54, 1.807) is 11.1 Å². The van der Waals surface area contributed by atoms with E-state index in [2.05, 4.69) is 0 Å². The van der Waals surface area contributed by atoms with Gasteiger partial charge in [-0.05, 0) is 61.5 Å². The van der Waals surface area contributed by atoms with Crippen LogP contribution >= 0.6 is 0 Å². The van der Waals surface area contributed by atoms with E-state index in [1.165, 1.54) is 31.4 Å². The Balaban J connectivity index is 1.68. The summed E-state index contributed by atoms with van der Waals surface area (Å²) in [5, 5.41) is 0. The lowest BCUT2D eigenvalue weighted by molar-refractivity contribution is -0.129. The Bertz CT molecular complexity index is 507. The van der Waals surface area contributed by atoms with Crippen molar-refractivity contribution in [2.24, 2.45) is 35.5 Å². The fourth-order valence-corrected chi connectivity index (χ4v) is 5.90. The first-order valence-electron chi connectivity index (χ1n) is 7.25. The zero-order valence-corrected chi connectivity index (χ0v) is 10.3. The van der Waals surface area contributed by atoms with Gasteiger partial charge >= 0.3 is 0 Å². The molecule has 5 aliphatic rings. The maximum Gasteiger partial charge on any atom is 0.160 e. The summed E-state index contributed by atoms with van der Waals surface area (Å²) in [6.07, 6.45) is 8.18. The van der Waals surface area contributed by atoms with E-state index in [-0.39, 0.29) is 23.4 Å². The van der Waals surface area contributed by atoms with Crippen molar-refractivity contribution in [3.63, 3.8) is 0 Å². The van der Waals surface area contributed by atoms with Gasteiger partial charge in [0, 0.05) is 11.8 Å². The van der Waals surface area contributed by atoms with Crippen molar-refractivity contribution in [3.8, 4) is 0 Å². The number of fused-ring (bicyclic) bond motifs is 11. The topological polar surface area (TPSA) is 34.1 Å². The predicted octanol–water partition coefficient (Wildman–Crippen LogP) is 2.30. The third kappa shape index (κ3) is 0.877. The van der Waals surface area contributed by atoms with Gasteiger partial charge in [0.2, 0.25) is 0 Å². The molecule has 92 valence electrons. The summed E-state index contributed by atoms with van der Waals surface area (Å²) in [4.78, 5) is 24.3. The highest BCUT2D eigenvalue weighted by Gasteiger charge is 2.62. The number of carbonyl (C=O) groups is 2. The maximum atomic E-state index is 12.1. The van der Waals surface area contributed by atoms with Crippen LogP contribution in [0.15, 0.2) is 23.3 Å².